The Balaban J connectivity index is 2.06. The van der Waals surface area contributed by atoms with Crippen molar-refractivity contribution in [2.75, 3.05) is 0 Å². The molecule has 0 aliphatic rings. The molecule has 20 heavy (non-hydrogen) atoms. The van der Waals surface area contributed by atoms with Crippen molar-refractivity contribution in [3.05, 3.63) is 64.2 Å². The second-order valence-electron chi connectivity index (χ2n) is 4.02. The summed E-state index contributed by atoms with van der Waals surface area (Å²) in [5, 5.41) is 3.91. The standard InChI is InChI=1S/C14H11ClFN3O/c1-9-5-6-10(7-17-9)14(20)19-18-8-11-12(15)3-2-4-13(11)16/h2-8H,1H3,(H,19,20). The van der Waals surface area contributed by atoms with Gasteiger partial charge in [-0.25, -0.2) is 9.82 Å². The topological polar surface area (TPSA) is 54.4 Å². The number of aromatic nitrogens is 1. The van der Waals surface area contributed by atoms with Crippen molar-refractivity contribution in [2.45, 2.75) is 6.92 Å². The number of aryl methyl sites for hydroxylation is 1. The van der Waals surface area contributed by atoms with Crippen molar-refractivity contribution in [1.82, 2.24) is 10.4 Å². The van der Waals surface area contributed by atoms with Gasteiger partial charge in [-0.05, 0) is 31.2 Å². The lowest BCUT2D eigenvalue weighted by atomic mass is 10.2. The number of pyridine rings is 1. The highest BCUT2D eigenvalue weighted by Crippen LogP contribution is 2.16. The average Bonchev–Trinajstić information content (AvgIpc) is 2.42. The van der Waals surface area contributed by atoms with Gasteiger partial charge in [-0.3, -0.25) is 9.78 Å². The third-order valence-electron chi connectivity index (χ3n) is 2.53. The van der Waals surface area contributed by atoms with Gasteiger partial charge in [-0.15, -0.1) is 0 Å². The van der Waals surface area contributed by atoms with E-state index < -0.39 is 11.7 Å². The first kappa shape index (κ1) is 14.1. The Morgan fingerprint density at radius 1 is 1.40 bits per heavy atom. The average molecular weight is 292 g/mol. The summed E-state index contributed by atoms with van der Waals surface area (Å²) < 4.78 is 13.4. The van der Waals surface area contributed by atoms with Crippen LogP contribution in [0.4, 0.5) is 4.39 Å². The van der Waals surface area contributed by atoms with Crippen molar-refractivity contribution >= 4 is 23.7 Å². The number of hydrazone groups is 1. The predicted molar refractivity (Wildman–Crippen MR) is 75.4 cm³/mol. The second kappa shape index (κ2) is 6.25. The summed E-state index contributed by atoms with van der Waals surface area (Å²) >= 11 is 5.83. The van der Waals surface area contributed by atoms with E-state index in [2.05, 4.69) is 15.5 Å². The number of carbonyl (C=O) groups excluding carboxylic acids is 1. The third kappa shape index (κ3) is 3.39. The molecule has 2 rings (SSSR count). The molecule has 4 nitrogen and oxygen atoms in total. The smallest absolute Gasteiger partial charge is 0.267 e. The molecule has 1 heterocycles. The summed E-state index contributed by atoms with van der Waals surface area (Å²) in [6, 6.07) is 7.64. The Hall–Kier alpha value is -2.27. The molecule has 0 atom stereocenters. The molecule has 1 N–H and O–H groups in total. The van der Waals surface area contributed by atoms with Crippen LogP contribution in [0.1, 0.15) is 21.6 Å². The summed E-state index contributed by atoms with van der Waals surface area (Å²) in [5.74, 6) is -0.936. The molecule has 0 aliphatic heterocycles. The predicted octanol–water partition coefficient (Wildman–Crippen LogP) is 2.95. The molecular formula is C14H11ClFN3O. The largest absolute Gasteiger partial charge is 0.272 e. The number of nitrogens with one attached hydrogen (secondary N) is 1. The summed E-state index contributed by atoms with van der Waals surface area (Å²) in [4.78, 5) is 15.7. The molecule has 0 unspecified atom stereocenters. The van der Waals surface area contributed by atoms with Gasteiger partial charge in [0.05, 0.1) is 16.8 Å². The fraction of sp³-hybridized carbons (Fsp3) is 0.0714. The third-order valence-corrected chi connectivity index (χ3v) is 2.86. The highest BCUT2D eigenvalue weighted by atomic mass is 35.5. The van der Waals surface area contributed by atoms with Crippen molar-refractivity contribution < 1.29 is 9.18 Å². The molecule has 0 saturated heterocycles. The zero-order valence-corrected chi connectivity index (χ0v) is 11.4. The first-order valence-corrected chi connectivity index (χ1v) is 6.16. The molecule has 0 aliphatic carbocycles. The maximum absolute atomic E-state index is 13.4. The van der Waals surface area contributed by atoms with Crippen LogP contribution in [0.3, 0.4) is 0 Å². The Kier molecular flexibility index (Phi) is 4.42. The molecule has 1 aromatic heterocycles. The van der Waals surface area contributed by atoms with E-state index in [0.29, 0.717) is 5.56 Å². The van der Waals surface area contributed by atoms with Crippen molar-refractivity contribution in [2.24, 2.45) is 5.10 Å². The summed E-state index contributed by atoms with van der Waals surface area (Å²) in [6.07, 6.45) is 2.60. The quantitative estimate of drug-likeness (QED) is 0.698. The maximum atomic E-state index is 13.4. The number of hydrogen-bond acceptors (Lipinski definition) is 3. The van der Waals surface area contributed by atoms with E-state index >= 15 is 0 Å². The minimum Gasteiger partial charge on any atom is -0.267 e. The lowest BCUT2D eigenvalue weighted by Gasteiger charge is -2.01. The van der Waals surface area contributed by atoms with Crippen molar-refractivity contribution in [1.29, 1.82) is 0 Å². The molecule has 102 valence electrons. The van der Waals surface area contributed by atoms with Crippen LogP contribution in [0.5, 0.6) is 0 Å². The molecule has 0 spiro atoms. The number of carbonyl (C=O) groups is 1. The monoisotopic (exact) mass is 291 g/mol. The van der Waals surface area contributed by atoms with Crippen LogP contribution in [0, 0.1) is 12.7 Å². The number of nitrogens with zero attached hydrogens (tertiary/aromatic N) is 2. The van der Waals surface area contributed by atoms with Gasteiger partial charge in [-0.2, -0.15) is 5.10 Å². The summed E-state index contributed by atoms with van der Waals surface area (Å²) in [5.41, 5.74) is 3.58. The van der Waals surface area contributed by atoms with Gasteiger partial charge < -0.3 is 0 Å². The van der Waals surface area contributed by atoms with Crippen LogP contribution in [0.25, 0.3) is 0 Å². The molecule has 6 heteroatoms. The van der Waals surface area contributed by atoms with E-state index in [9.17, 15) is 9.18 Å². The first-order valence-electron chi connectivity index (χ1n) is 5.78. The summed E-state index contributed by atoms with van der Waals surface area (Å²) in [7, 11) is 0. The number of benzene rings is 1. The van der Waals surface area contributed by atoms with E-state index in [0.717, 1.165) is 11.9 Å². The van der Waals surface area contributed by atoms with Crippen LogP contribution >= 0.6 is 11.6 Å². The first-order chi connectivity index (χ1) is 9.58. The second-order valence-corrected chi connectivity index (χ2v) is 4.43. The molecule has 1 aromatic carbocycles. The molecule has 0 bridgehead atoms. The Bertz CT molecular complexity index is 636. The lowest BCUT2D eigenvalue weighted by Crippen LogP contribution is -2.18. The van der Waals surface area contributed by atoms with E-state index in [-0.39, 0.29) is 10.6 Å². The Morgan fingerprint density at radius 3 is 2.85 bits per heavy atom. The molecule has 1 amide bonds. The van der Waals surface area contributed by atoms with Crippen molar-refractivity contribution in [3.8, 4) is 0 Å². The van der Waals surface area contributed by atoms with E-state index in [1.54, 1.807) is 12.1 Å². The highest BCUT2D eigenvalue weighted by molar-refractivity contribution is 6.33. The minimum atomic E-state index is -0.507. The van der Waals surface area contributed by atoms with Crippen LogP contribution in [0.15, 0.2) is 41.6 Å². The zero-order chi connectivity index (χ0) is 14.5. The van der Waals surface area contributed by atoms with Crippen molar-refractivity contribution in [3.63, 3.8) is 0 Å². The van der Waals surface area contributed by atoms with E-state index in [4.69, 9.17) is 11.6 Å². The molecule has 0 fully saturated rings. The molecule has 0 radical (unpaired) electrons. The van der Waals surface area contributed by atoms with Crippen LogP contribution in [0.2, 0.25) is 5.02 Å². The van der Waals surface area contributed by atoms with Crippen LogP contribution in [-0.4, -0.2) is 17.1 Å². The minimum absolute atomic E-state index is 0.122. The van der Waals surface area contributed by atoms with E-state index in [1.165, 1.54) is 24.4 Å². The molecular weight excluding hydrogens is 281 g/mol. The van der Waals surface area contributed by atoms with Gasteiger partial charge in [0.1, 0.15) is 5.82 Å². The fourth-order valence-electron chi connectivity index (χ4n) is 1.46. The number of halogens is 2. The van der Waals surface area contributed by atoms with Crippen LogP contribution < -0.4 is 5.43 Å². The zero-order valence-electron chi connectivity index (χ0n) is 10.6. The highest BCUT2D eigenvalue weighted by Gasteiger charge is 2.06. The maximum Gasteiger partial charge on any atom is 0.272 e. The lowest BCUT2D eigenvalue weighted by molar-refractivity contribution is 0.0954. The van der Waals surface area contributed by atoms with Gasteiger partial charge in [0.2, 0.25) is 0 Å². The van der Waals surface area contributed by atoms with Gasteiger partial charge in [0.25, 0.3) is 5.91 Å². The Labute approximate surface area is 120 Å². The van der Waals surface area contributed by atoms with Gasteiger partial charge in [-0.1, -0.05) is 17.7 Å². The van der Waals surface area contributed by atoms with Gasteiger partial charge in [0, 0.05) is 17.5 Å². The molecule has 0 saturated carbocycles. The Morgan fingerprint density at radius 2 is 2.20 bits per heavy atom. The summed E-state index contributed by atoms with van der Waals surface area (Å²) in [6.45, 7) is 1.82. The number of amides is 1. The van der Waals surface area contributed by atoms with Gasteiger partial charge in [0.15, 0.2) is 0 Å². The SMILES string of the molecule is Cc1ccc(C(=O)NN=Cc2c(F)cccc2Cl)cn1. The van der Waals surface area contributed by atoms with E-state index in [1.807, 2.05) is 6.92 Å². The fourth-order valence-corrected chi connectivity index (χ4v) is 1.67. The number of hydrogen-bond donors (Lipinski definition) is 1. The van der Waals surface area contributed by atoms with Crippen LogP contribution in [-0.2, 0) is 0 Å². The number of rotatable bonds is 3. The van der Waals surface area contributed by atoms with Gasteiger partial charge >= 0.3 is 0 Å². The molecule has 2 aromatic rings. The normalized spacial score (nSPS) is 10.8.